The predicted molar refractivity (Wildman–Crippen MR) is 80.8 cm³/mol. The fraction of sp³-hybridized carbons (Fsp3) is 0.667. The Balaban J connectivity index is 0. The van der Waals surface area contributed by atoms with Crippen molar-refractivity contribution >= 4 is 35.1 Å². The van der Waals surface area contributed by atoms with Gasteiger partial charge in [-0.1, -0.05) is 45.5 Å². The van der Waals surface area contributed by atoms with E-state index < -0.39 is 5.97 Å². The summed E-state index contributed by atoms with van der Waals surface area (Å²) in [7, 11) is 0. The van der Waals surface area contributed by atoms with Crippen LogP contribution in [0.2, 0.25) is 0 Å². The smallest absolute Gasteiger partial charge is 0.327 e. The Kier molecular flexibility index (Phi) is 15.0. The number of aliphatic carboxylic acids is 1. The Bertz CT molecular complexity index is 225. The third-order valence-corrected chi connectivity index (χ3v) is 2.55. The fourth-order valence-corrected chi connectivity index (χ4v) is 1.38. The number of carboxylic acid groups (broad SMARTS) is 1. The SMILES string of the molecule is C=CC(=O)O.CCCCN(CCCC)C(=S)S. The standard InChI is InChI=1S/C9H19NS2.C3H4O2/c1-3-5-7-10(9(11)12)8-6-4-2;1-2-3(4)5/h3-8H2,1-2H3,(H,11,12);2H,1H2,(H,4,5). The van der Waals surface area contributed by atoms with Gasteiger partial charge in [-0.05, 0) is 12.8 Å². The van der Waals surface area contributed by atoms with E-state index in [1.807, 2.05) is 0 Å². The van der Waals surface area contributed by atoms with Crippen LogP contribution < -0.4 is 0 Å². The van der Waals surface area contributed by atoms with Gasteiger partial charge in [-0.15, -0.1) is 12.6 Å². The second-order valence-electron chi connectivity index (χ2n) is 3.52. The number of thiocarbonyl (C=S) groups is 1. The molecule has 0 aliphatic carbocycles. The molecule has 3 nitrogen and oxygen atoms in total. The molecule has 0 unspecified atom stereocenters. The zero-order valence-corrected chi connectivity index (χ0v) is 12.4. The maximum atomic E-state index is 9.25. The van der Waals surface area contributed by atoms with E-state index in [-0.39, 0.29) is 0 Å². The molecule has 0 spiro atoms. The summed E-state index contributed by atoms with van der Waals surface area (Å²) in [6.45, 7) is 9.49. The molecule has 0 saturated carbocycles. The Morgan fingerprint density at radius 2 is 1.71 bits per heavy atom. The third-order valence-electron chi connectivity index (χ3n) is 2.01. The maximum Gasteiger partial charge on any atom is 0.327 e. The number of hydrogen-bond donors (Lipinski definition) is 2. The lowest BCUT2D eigenvalue weighted by Crippen LogP contribution is -2.28. The van der Waals surface area contributed by atoms with Crippen LogP contribution in [0.5, 0.6) is 0 Å². The van der Waals surface area contributed by atoms with Gasteiger partial charge in [0.15, 0.2) is 0 Å². The second kappa shape index (κ2) is 13.5. The van der Waals surface area contributed by atoms with Gasteiger partial charge in [0.2, 0.25) is 0 Å². The normalized spacial score (nSPS) is 8.88. The topological polar surface area (TPSA) is 40.5 Å². The Morgan fingerprint density at radius 1 is 1.35 bits per heavy atom. The van der Waals surface area contributed by atoms with E-state index in [0.717, 1.165) is 23.5 Å². The maximum absolute atomic E-state index is 9.25. The van der Waals surface area contributed by atoms with Crippen molar-refractivity contribution in [1.29, 1.82) is 0 Å². The van der Waals surface area contributed by atoms with Crippen molar-refractivity contribution in [2.45, 2.75) is 39.5 Å². The molecule has 0 aromatic carbocycles. The van der Waals surface area contributed by atoms with Crippen LogP contribution in [0.3, 0.4) is 0 Å². The number of thiol groups is 1. The van der Waals surface area contributed by atoms with E-state index in [1.54, 1.807) is 0 Å². The third kappa shape index (κ3) is 15.4. The lowest BCUT2D eigenvalue weighted by atomic mass is 10.3. The number of unbranched alkanes of at least 4 members (excludes halogenated alkanes) is 2. The van der Waals surface area contributed by atoms with Crippen LogP contribution in [0.4, 0.5) is 0 Å². The molecular weight excluding hydrogens is 254 g/mol. The summed E-state index contributed by atoms with van der Waals surface area (Å²) < 4.78 is 0.747. The summed E-state index contributed by atoms with van der Waals surface area (Å²) in [5.74, 6) is -0.981. The van der Waals surface area contributed by atoms with E-state index in [9.17, 15) is 4.79 Å². The highest BCUT2D eigenvalue weighted by Crippen LogP contribution is 2.02. The molecule has 0 aliphatic heterocycles. The lowest BCUT2D eigenvalue weighted by Gasteiger charge is -2.21. The van der Waals surface area contributed by atoms with E-state index in [1.165, 1.54) is 25.7 Å². The Morgan fingerprint density at radius 3 is 1.88 bits per heavy atom. The minimum Gasteiger partial charge on any atom is -0.478 e. The van der Waals surface area contributed by atoms with Crippen molar-refractivity contribution in [2.75, 3.05) is 13.1 Å². The van der Waals surface area contributed by atoms with Crippen LogP contribution in [0, 0.1) is 0 Å². The second-order valence-corrected chi connectivity index (χ2v) is 4.63. The van der Waals surface area contributed by atoms with Crippen molar-refractivity contribution in [1.82, 2.24) is 4.90 Å². The van der Waals surface area contributed by atoms with Gasteiger partial charge in [0.1, 0.15) is 4.32 Å². The summed E-state index contributed by atoms with van der Waals surface area (Å²) in [6, 6.07) is 0. The largest absolute Gasteiger partial charge is 0.478 e. The molecule has 100 valence electrons. The lowest BCUT2D eigenvalue weighted by molar-refractivity contribution is -0.131. The van der Waals surface area contributed by atoms with Crippen molar-refractivity contribution in [3.05, 3.63) is 12.7 Å². The average Bonchev–Trinajstić information content (AvgIpc) is 2.29. The van der Waals surface area contributed by atoms with Crippen LogP contribution >= 0.6 is 24.8 Å². The van der Waals surface area contributed by atoms with Crippen molar-refractivity contribution in [3.8, 4) is 0 Å². The number of rotatable bonds is 7. The monoisotopic (exact) mass is 277 g/mol. The summed E-state index contributed by atoms with van der Waals surface area (Å²) in [6.07, 6.45) is 5.70. The molecule has 0 radical (unpaired) electrons. The average molecular weight is 277 g/mol. The fourth-order valence-electron chi connectivity index (χ4n) is 1.00. The molecule has 0 aromatic heterocycles. The molecule has 1 N–H and O–H groups in total. The van der Waals surface area contributed by atoms with Gasteiger partial charge in [-0.25, -0.2) is 4.79 Å². The van der Waals surface area contributed by atoms with Crippen LogP contribution in [0.1, 0.15) is 39.5 Å². The summed E-state index contributed by atoms with van der Waals surface area (Å²) in [5, 5.41) is 7.60. The number of hydrogen-bond acceptors (Lipinski definition) is 2. The van der Waals surface area contributed by atoms with Gasteiger partial charge in [0.05, 0.1) is 0 Å². The first-order valence-corrected chi connectivity index (χ1v) is 6.68. The van der Waals surface area contributed by atoms with Gasteiger partial charge >= 0.3 is 5.97 Å². The zero-order chi connectivity index (χ0) is 13.7. The van der Waals surface area contributed by atoms with Crippen molar-refractivity contribution in [2.24, 2.45) is 0 Å². The van der Waals surface area contributed by atoms with Crippen LogP contribution in [0.25, 0.3) is 0 Å². The minimum absolute atomic E-state index is 0.747. The van der Waals surface area contributed by atoms with E-state index in [2.05, 4.69) is 38.0 Å². The summed E-state index contributed by atoms with van der Waals surface area (Å²) in [5.41, 5.74) is 0. The van der Waals surface area contributed by atoms with Crippen molar-refractivity contribution < 1.29 is 9.90 Å². The van der Waals surface area contributed by atoms with Crippen LogP contribution in [-0.2, 0) is 4.79 Å². The van der Waals surface area contributed by atoms with Gasteiger partial charge in [0, 0.05) is 19.2 Å². The molecule has 0 heterocycles. The van der Waals surface area contributed by atoms with Gasteiger partial charge in [-0.2, -0.15) is 0 Å². The molecule has 5 heteroatoms. The van der Waals surface area contributed by atoms with Gasteiger partial charge in [0.25, 0.3) is 0 Å². The Labute approximate surface area is 115 Å². The molecule has 0 atom stereocenters. The highest BCUT2D eigenvalue weighted by Gasteiger charge is 2.03. The van der Waals surface area contributed by atoms with Gasteiger partial charge < -0.3 is 10.0 Å². The quantitative estimate of drug-likeness (QED) is 0.425. The molecule has 0 bridgehead atoms. The molecule has 0 amide bonds. The number of carboxylic acids is 1. The number of carbonyl (C=O) groups is 1. The predicted octanol–water partition coefficient (Wildman–Crippen LogP) is 3.36. The van der Waals surface area contributed by atoms with Gasteiger partial charge in [-0.3, -0.25) is 0 Å². The summed E-state index contributed by atoms with van der Waals surface area (Å²) in [4.78, 5) is 11.4. The van der Waals surface area contributed by atoms with E-state index >= 15 is 0 Å². The first kappa shape index (κ1) is 18.8. The molecule has 0 fully saturated rings. The van der Waals surface area contributed by atoms with Crippen LogP contribution in [0.15, 0.2) is 12.7 Å². The van der Waals surface area contributed by atoms with Crippen molar-refractivity contribution in [3.63, 3.8) is 0 Å². The minimum atomic E-state index is -0.981. The van der Waals surface area contributed by atoms with E-state index in [0.29, 0.717) is 0 Å². The first-order valence-electron chi connectivity index (χ1n) is 5.82. The van der Waals surface area contributed by atoms with E-state index in [4.69, 9.17) is 17.3 Å². The highest BCUT2D eigenvalue weighted by molar-refractivity contribution is 8.10. The molecular formula is C12H23NO2S2. The Hall–Kier alpha value is -0.550. The molecule has 17 heavy (non-hydrogen) atoms. The molecule has 0 saturated heterocycles. The van der Waals surface area contributed by atoms with Crippen LogP contribution in [-0.4, -0.2) is 33.4 Å². The summed E-state index contributed by atoms with van der Waals surface area (Å²) >= 11 is 9.23. The first-order chi connectivity index (χ1) is 7.99. The molecule has 0 aliphatic rings. The number of nitrogens with zero attached hydrogens (tertiary/aromatic N) is 1. The molecule has 0 aromatic rings. The zero-order valence-electron chi connectivity index (χ0n) is 10.7. The molecule has 0 rings (SSSR count). The highest BCUT2D eigenvalue weighted by atomic mass is 32.1.